The summed E-state index contributed by atoms with van der Waals surface area (Å²) in [7, 11) is 0. The van der Waals surface area contributed by atoms with Gasteiger partial charge >= 0.3 is 5.97 Å². The van der Waals surface area contributed by atoms with Crippen LogP contribution in [-0.2, 0) is 14.3 Å². The molecular weight excluding hydrogens is 298 g/mol. The van der Waals surface area contributed by atoms with Crippen LogP contribution in [0.15, 0.2) is 24.3 Å². The number of phenolic OH excluding ortho intramolecular Hbond substituents is 2. The Bertz CT molecular complexity index is 580. The molecule has 0 saturated heterocycles. The van der Waals surface area contributed by atoms with Gasteiger partial charge in [-0.2, -0.15) is 0 Å². The fourth-order valence-electron chi connectivity index (χ4n) is 1.96. The lowest BCUT2D eigenvalue weighted by atomic mass is 10.0. The molecule has 23 heavy (non-hydrogen) atoms. The normalized spacial score (nSPS) is 12.3. The van der Waals surface area contributed by atoms with Crippen molar-refractivity contribution in [3.05, 3.63) is 29.8 Å². The standard InChI is InChI=1S/C17H23NO5/c1-4-23-17(22)13(9-11(2)3)18-16(21)8-6-12-5-7-14(19)15(20)10-12/h5-8,10-11,13,19-20H,4,9H2,1-3H3,(H,18,21)/b8-6+/t13-/m0/s1. The largest absolute Gasteiger partial charge is 0.504 e. The van der Waals surface area contributed by atoms with E-state index in [-0.39, 0.29) is 24.0 Å². The lowest BCUT2D eigenvalue weighted by molar-refractivity contribution is -0.147. The summed E-state index contributed by atoms with van der Waals surface area (Å²) in [5.74, 6) is -1.16. The summed E-state index contributed by atoms with van der Waals surface area (Å²) < 4.78 is 4.96. The molecule has 0 bridgehead atoms. The molecule has 0 heterocycles. The monoisotopic (exact) mass is 321 g/mol. The van der Waals surface area contributed by atoms with Crippen molar-refractivity contribution in [2.75, 3.05) is 6.61 Å². The molecule has 6 nitrogen and oxygen atoms in total. The van der Waals surface area contributed by atoms with Crippen molar-refractivity contribution in [1.29, 1.82) is 0 Å². The first kappa shape index (κ1) is 18.5. The summed E-state index contributed by atoms with van der Waals surface area (Å²) in [6, 6.07) is 3.51. The quantitative estimate of drug-likeness (QED) is 0.406. The summed E-state index contributed by atoms with van der Waals surface area (Å²) in [4.78, 5) is 23.8. The van der Waals surface area contributed by atoms with E-state index in [0.29, 0.717) is 12.0 Å². The zero-order valence-electron chi connectivity index (χ0n) is 13.6. The average molecular weight is 321 g/mol. The Morgan fingerprint density at radius 3 is 2.52 bits per heavy atom. The molecule has 1 atom stereocenters. The Morgan fingerprint density at radius 1 is 1.26 bits per heavy atom. The number of esters is 1. The highest BCUT2D eigenvalue weighted by atomic mass is 16.5. The predicted octanol–water partition coefficient (Wildman–Crippen LogP) is 2.21. The molecule has 0 fully saturated rings. The Balaban J connectivity index is 2.72. The maximum absolute atomic E-state index is 12.0. The van der Waals surface area contributed by atoms with Crippen LogP contribution in [-0.4, -0.2) is 34.7 Å². The molecule has 0 aliphatic carbocycles. The number of rotatable bonds is 7. The average Bonchev–Trinajstić information content (AvgIpc) is 2.47. The zero-order valence-corrected chi connectivity index (χ0v) is 13.6. The topological polar surface area (TPSA) is 95.9 Å². The molecule has 1 rings (SSSR count). The van der Waals surface area contributed by atoms with Crippen LogP contribution in [0.25, 0.3) is 6.08 Å². The first-order valence-electron chi connectivity index (χ1n) is 7.50. The Hall–Kier alpha value is -2.50. The molecule has 0 aliphatic heterocycles. The highest BCUT2D eigenvalue weighted by Gasteiger charge is 2.22. The third-order valence-electron chi connectivity index (χ3n) is 3.02. The number of carbonyl (C=O) groups is 2. The van der Waals surface area contributed by atoms with Crippen LogP contribution in [0.2, 0.25) is 0 Å². The number of nitrogens with one attached hydrogen (secondary N) is 1. The van der Waals surface area contributed by atoms with E-state index in [4.69, 9.17) is 4.74 Å². The summed E-state index contributed by atoms with van der Waals surface area (Å²) in [5, 5.41) is 21.2. The molecule has 0 spiro atoms. The highest BCUT2D eigenvalue weighted by molar-refractivity contribution is 5.94. The van der Waals surface area contributed by atoms with Crippen molar-refractivity contribution >= 4 is 18.0 Å². The molecule has 126 valence electrons. The zero-order chi connectivity index (χ0) is 17.4. The van der Waals surface area contributed by atoms with E-state index in [9.17, 15) is 19.8 Å². The Morgan fingerprint density at radius 2 is 1.96 bits per heavy atom. The van der Waals surface area contributed by atoms with Gasteiger partial charge in [0.15, 0.2) is 11.5 Å². The van der Waals surface area contributed by atoms with Crippen LogP contribution < -0.4 is 5.32 Å². The third kappa shape index (κ3) is 6.42. The first-order chi connectivity index (χ1) is 10.8. The maximum Gasteiger partial charge on any atom is 0.328 e. The van der Waals surface area contributed by atoms with Crippen molar-refractivity contribution in [2.45, 2.75) is 33.2 Å². The minimum Gasteiger partial charge on any atom is -0.504 e. The molecule has 1 aromatic carbocycles. The van der Waals surface area contributed by atoms with E-state index in [1.165, 1.54) is 24.3 Å². The minimum atomic E-state index is -0.694. The number of hydrogen-bond donors (Lipinski definition) is 3. The molecule has 0 aromatic heterocycles. The van der Waals surface area contributed by atoms with Crippen molar-refractivity contribution in [2.24, 2.45) is 5.92 Å². The molecule has 1 aromatic rings. The van der Waals surface area contributed by atoms with Crippen LogP contribution in [0.4, 0.5) is 0 Å². The van der Waals surface area contributed by atoms with Crippen LogP contribution in [0.1, 0.15) is 32.8 Å². The van der Waals surface area contributed by atoms with Gasteiger partial charge in [0, 0.05) is 6.08 Å². The van der Waals surface area contributed by atoms with Gasteiger partial charge in [-0.1, -0.05) is 19.9 Å². The maximum atomic E-state index is 12.0. The molecule has 0 unspecified atom stereocenters. The number of hydrogen-bond acceptors (Lipinski definition) is 5. The van der Waals surface area contributed by atoms with Gasteiger partial charge in [-0.05, 0) is 43.0 Å². The number of carbonyl (C=O) groups excluding carboxylic acids is 2. The highest BCUT2D eigenvalue weighted by Crippen LogP contribution is 2.25. The lowest BCUT2D eigenvalue weighted by Crippen LogP contribution is -2.42. The summed E-state index contributed by atoms with van der Waals surface area (Å²) in [6.07, 6.45) is 3.23. The lowest BCUT2D eigenvalue weighted by Gasteiger charge is -2.18. The molecule has 0 saturated carbocycles. The van der Waals surface area contributed by atoms with Crippen LogP contribution in [0.3, 0.4) is 0 Å². The summed E-state index contributed by atoms with van der Waals surface area (Å²) >= 11 is 0. The first-order valence-corrected chi connectivity index (χ1v) is 7.50. The SMILES string of the molecule is CCOC(=O)[C@H](CC(C)C)NC(=O)/C=C/c1ccc(O)c(O)c1. The minimum absolute atomic E-state index is 0.225. The van der Waals surface area contributed by atoms with E-state index >= 15 is 0 Å². The second kappa shape index (κ2) is 8.82. The Labute approximate surface area is 135 Å². The van der Waals surface area contributed by atoms with Crippen LogP contribution in [0, 0.1) is 5.92 Å². The van der Waals surface area contributed by atoms with Crippen molar-refractivity contribution in [3.63, 3.8) is 0 Å². The Kier molecular flexibility index (Phi) is 7.12. The van der Waals surface area contributed by atoms with Crippen LogP contribution >= 0.6 is 0 Å². The second-order valence-corrected chi connectivity index (χ2v) is 5.52. The van der Waals surface area contributed by atoms with Gasteiger partial charge in [0.05, 0.1) is 6.61 Å². The third-order valence-corrected chi connectivity index (χ3v) is 3.02. The molecule has 0 aliphatic rings. The second-order valence-electron chi connectivity index (χ2n) is 5.52. The van der Waals surface area contributed by atoms with Gasteiger partial charge < -0.3 is 20.3 Å². The molecule has 0 radical (unpaired) electrons. The predicted molar refractivity (Wildman–Crippen MR) is 86.8 cm³/mol. The van der Waals surface area contributed by atoms with E-state index in [1.54, 1.807) is 13.0 Å². The fraction of sp³-hybridized carbons (Fsp3) is 0.412. The van der Waals surface area contributed by atoms with E-state index in [0.717, 1.165) is 0 Å². The van der Waals surface area contributed by atoms with Crippen LogP contribution in [0.5, 0.6) is 11.5 Å². The van der Waals surface area contributed by atoms with Crippen molar-refractivity contribution < 1.29 is 24.5 Å². The van der Waals surface area contributed by atoms with E-state index in [1.807, 2.05) is 13.8 Å². The summed E-state index contributed by atoms with van der Waals surface area (Å²) in [5.41, 5.74) is 0.548. The number of ether oxygens (including phenoxy) is 1. The fourth-order valence-corrected chi connectivity index (χ4v) is 1.96. The van der Waals surface area contributed by atoms with Gasteiger partial charge in [-0.15, -0.1) is 0 Å². The number of benzene rings is 1. The summed E-state index contributed by atoms with van der Waals surface area (Å²) in [6.45, 7) is 5.87. The van der Waals surface area contributed by atoms with E-state index < -0.39 is 17.9 Å². The smallest absolute Gasteiger partial charge is 0.328 e. The van der Waals surface area contributed by atoms with Crippen molar-refractivity contribution in [1.82, 2.24) is 5.32 Å². The number of phenols is 2. The molecule has 1 amide bonds. The molecule has 6 heteroatoms. The van der Waals surface area contributed by atoms with Gasteiger partial charge in [-0.25, -0.2) is 4.79 Å². The van der Waals surface area contributed by atoms with Gasteiger partial charge in [-0.3, -0.25) is 4.79 Å². The molecular formula is C17H23NO5. The van der Waals surface area contributed by atoms with Gasteiger partial charge in [0.1, 0.15) is 6.04 Å². The van der Waals surface area contributed by atoms with Gasteiger partial charge in [0.25, 0.3) is 0 Å². The molecule has 3 N–H and O–H groups in total. The van der Waals surface area contributed by atoms with E-state index in [2.05, 4.69) is 5.32 Å². The van der Waals surface area contributed by atoms with Gasteiger partial charge in [0.2, 0.25) is 5.91 Å². The number of amides is 1. The van der Waals surface area contributed by atoms with Crippen molar-refractivity contribution in [3.8, 4) is 11.5 Å². The number of aromatic hydroxyl groups is 2.